The highest BCUT2D eigenvalue weighted by Gasteiger charge is 2.41. The molecule has 6 rings (SSSR count). The van der Waals surface area contributed by atoms with Gasteiger partial charge in [0.25, 0.3) is 5.56 Å². The summed E-state index contributed by atoms with van der Waals surface area (Å²) in [4.78, 5) is 25.1. The SMILES string of the molecule is Cc1ccc2c(c1)c1c3n2CCN(S(=O)(=O)c2ccc4c(c2)c(=O)n(C)c(=O)n4C)C3CCC1. The summed E-state index contributed by atoms with van der Waals surface area (Å²) in [6.07, 6.45) is 2.65. The summed E-state index contributed by atoms with van der Waals surface area (Å²) in [6, 6.07) is 10.7. The smallest absolute Gasteiger partial charge is 0.330 e. The number of sulfonamides is 1. The first-order chi connectivity index (χ1) is 16.2. The quantitative estimate of drug-likeness (QED) is 0.443. The maximum Gasteiger partial charge on any atom is 0.330 e. The minimum Gasteiger partial charge on any atom is -0.341 e. The number of hydrogen-bond acceptors (Lipinski definition) is 4. The van der Waals surface area contributed by atoms with E-state index in [1.807, 2.05) is 0 Å². The molecule has 34 heavy (non-hydrogen) atoms. The van der Waals surface area contributed by atoms with Crippen molar-refractivity contribution in [2.75, 3.05) is 6.54 Å². The molecule has 1 unspecified atom stereocenters. The van der Waals surface area contributed by atoms with E-state index in [0.29, 0.717) is 18.6 Å². The fourth-order valence-electron chi connectivity index (χ4n) is 5.84. The van der Waals surface area contributed by atoms with E-state index < -0.39 is 21.3 Å². The summed E-state index contributed by atoms with van der Waals surface area (Å²) in [5.74, 6) is 0. The average molecular weight is 479 g/mol. The Hall–Kier alpha value is -3.17. The standard InChI is InChI=1S/C25H26N4O4S/c1-15-7-9-21-18(13-15)17-5-4-6-22-23(17)28(21)11-12-29(22)34(32,33)16-8-10-20-19(14-16)24(30)27(3)25(31)26(20)2/h7-10,13-14,22H,4-6,11-12H2,1-3H3. The molecule has 4 aromatic rings. The zero-order chi connectivity index (χ0) is 23.9. The van der Waals surface area contributed by atoms with E-state index in [-0.39, 0.29) is 16.3 Å². The van der Waals surface area contributed by atoms with Crippen LogP contribution in [-0.2, 0) is 37.1 Å². The normalized spacial score (nSPS) is 18.5. The van der Waals surface area contributed by atoms with Gasteiger partial charge in [0.1, 0.15) is 0 Å². The topological polar surface area (TPSA) is 86.3 Å². The third-order valence-corrected chi connectivity index (χ3v) is 9.43. The molecule has 0 radical (unpaired) electrons. The lowest BCUT2D eigenvalue weighted by atomic mass is 9.90. The van der Waals surface area contributed by atoms with Crippen LogP contribution in [0.3, 0.4) is 0 Å². The minimum absolute atomic E-state index is 0.0864. The van der Waals surface area contributed by atoms with E-state index >= 15 is 0 Å². The van der Waals surface area contributed by atoms with Gasteiger partial charge in [0.05, 0.1) is 21.8 Å². The number of benzene rings is 2. The van der Waals surface area contributed by atoms with Crippen LogP contribution in [-0.4, -0.2) is 33.0 Å². The molecular weight excluding hydrogens is 452 g/mol. The molecule has 0 fully saturated rings. The minimum atomic E-state index is -3.85. The third kappa shape index (κ3) is 2.77. The molecule has 2 aliphatic rings. The first-order valence-corrected chi connectivity index (χ1v) is 13.0. The Kier molecular flexibility index (Phi) is 4.50. The van der Waals surface area contributed by atoms with Crippen LogP contribution in [0.25, 0.3) is 21.8 Å². The van der Waals surface area contributed by atoms with Gasteiger partial charge in [-0.05, 0) is 62.1 Å². The molecule has 0 saturated heterocycles. The Morgan fingerprint density at radius 1 is 0.912 bits per heavy atom. The van der Waals surface area contributed by atoms with Gasteiger partial charge < -0.3 is 4.57 Å². The predicted molar refractivity (Wildman–Crippen MR) is 131 cm³/mol. The monoisotopic (exact) mass is 478 g/mol. The fourth-order valence-corrected chi connectivity index (χ4v) is 7.48. The molecule has 2 aromatic heterocycles. The van der Waals surface area contributed by atoms with E-state index in [2.05, 4.69) is 29.7 Å². The van der Waals surface area contributed by atoms with Crippen LogP contribution in [0.2, 0.25) is 0 Å². The van der Waals surface area contributed by atoms with Crippen LogP contribution in [0.1, 0.15) is 35.7 Å². The number of hydrogen-bond donors (Lipinski definition) is 0. The van der Waals surface area contributed by atoms with Crippen molar-refractivity contribution in [1.29, 1.82) is 0 Å². The molecule has 0 N–H and O–H groups in total. The fraction of sp³-hybridized carbons (Fsp3) is 0.360. The summed E-state index contributed by atoms with van der Waals surface area (Å²) in [5, 5.41) is 1.45. The summed E-state index contributed by atoms with van der Waals surface area (Å²) in [6.45, 7) is 3.05. The van der Waals surface area contributed by atoms with Gasteiger partial charge in [-0.25, -0.2) is 13.2 Å². The summed E-state index contributed by atoms with van der Waals surface area (Å²) < 4.78 is 34.1. The molecule has 0 spiro atoms. The van der Waals surface area contributed by atoms with Crippen molar-refractivity contribution in [3.63, 3.8) is 0 Å². The van der Waals surface area contributed by atoms with Crippen molar-refractivity contribution in [2.24, 2.45) is 14.1 Å². The summed E-state index contributed by atoms with van der Waals surface area (Å²) >= 11 is 0. The molecule has 176 valence electrons. The van der Waals surface area contributed by atoms with E-state index in [0.717, 1.165) is 29.5 Å². The first kappa shape index (κ1) is 21.4. The summed E-state index contributed by atoms with van der Waals surface area (Å²) in [5.41, 5.74) is 4.23. The second kappa shape index (κ2) is 7.16. The van der Waals surface area contributed by atoms with Gasteiger partial charge >= 0.3 is 5.69 Å². The number of aryl methyl sites for hydroxylation is 3. The van der Waals surface area contributed by atoms with Gasteiger partial charge in [-0.3, -0.25) is 13.9 Å². The Balaban J connectivity index is 1.51. The second-order valence-electron chi connectivity index (χ2n) is 9.44. The van der Waals surface area contributed by atoms with Gasteiger partial charge in [-0.2, -0.15) is 4.31 Å². The van der Waals surface area contributed by atoms with E-state index in [4.69, 9.17) is 0 Å². The summed E-state index contributed by atoms with van der Waals surface area (Å²) in [7, 11) is -0.875. The molecule has 0 bridgehead atoms. The maximum absolute atomic E-state index is 13.9. The van der Waals surface area contributed by atoms with Gasteiger partial charge in [-0.15, -0.1) is 0 Å². The zero-order valence-electron chi connectivity index (χ0n) is 19.4. The second-order valence-corrected chi connectivity index (χ2v) is 11.3. The van der Waals surface area contributed by atoms with Gasteiger partial charge in [0.2, 0.25) is 10.0 Å². The van der Waals surface area contributed by atoms with Crippen molar-refractivity contribution in [3.8, 4) is 0 Å². The molecular formula is C25H26N4O4S. The number of aromatic nitrogens is 3. The molecule has 0 saturated carbocycles. The largest absolute Gasteiger partial charge is 0.341 e. The van der Waals surface area contributed by atoms with E-state index in [1.54, 1.807) is 17.4 Å². The van der Waals surface area contributed by atoms with Crippen LogP contribution in [0, 0.1) is 6.92 Å². The average Bonchev–Trinajstić information content (AvgIpc) is 3.15. The zero-order valence-corrected chi connectivity index (χ0v) is 20.2. The molecule has 9 heteroatoms. The van der Waals surface area contributed by atoms with Crippen LogP contribution < -0.4 is 11.2 Å². The van der Waals surface area contributed by atoms with Crippen molar-refractivity contribution >= 4 is 31.8 Å². The first-order valence-electron chi connectivity index (χ1n) is 11.5. The number of fused-ring (bicyclic) bond motifs is 4. The Morgan fingerprint density at radius 2 is 1.68 bits per heavy atom. The Labute approximate surface area is 196 Å². The van der Waals surface area contributed by atoms with Crippen LogP contribution in [0.15, 0.2) is 50.9 Å². The van der Waals surface area contributed by atoms with E-state index in [9.17, 15) is 18.0 Å². The van der Waals surface area contributed by atoms with Crippen molar-refractivity contribution in [2.45, 2.75) is 43.7 Å². The van der Waals surface area contributed by atoms with Crippen LogP contribution in [0.4, 0.5) is 0 Å². The molecule has 1 aliphatic heterocycles. The van der Waals surface area contributed by atoms with Crippen molar-refractivity contribution in [3.05, 3.63) is 74.1 Å². The van der Waals surface area contributed by atoms with Gasteiger partial charge in [-0.1, -0.05) is 11.6 Å². The molecule has 0 amide bonds. The van der Waals surface area contributed by atoms with Crippen molar-refractivity contribution in [1.82, 2.24) is 18.0 Å². The van der Waals surface area contributed by atoms with Crippen LogP contribution in [0.5, 0.6) is 0 Å². The molecule has 1 aliphatic carbocycles. The molecule has 8 nitrogen and oxygen atoms in total. The Morgan fingerprint density at radius 3 is 2.47 bits per heavy atom. The highest BCUT2D eigenvalue weighted by Crippen LogP contribution is 2.44. The molecule has 3 heterocycles. The maximum atomic E-state index is 13.9. The van der Waals surface area contributed by atoms with Gasteiger partial charge in [0, 0.05) is 43.8 Å². The third-order valence-electron chi connectivity index (χ3n) is 7.52. The predicted octanol–water partition coefficient (Wildman–Crippen LogP) is 2.58. The van der Waals surface area contributed by atoms with Crippen molar-refractivity contribution < 1.29 is 8.42 Å². The lowest BCUT2D eigenvalue weighted by molar-refractivity contribution is 0.243. The highest BCUT2D eigenvalue weighted by atomic mass is 32.2. The lowest BCUT2D eigenvalue weighted by Gasteiger charge is -2.39. The molecule has 1 atom stereocenters. The van der Waals surface area contributed by atoms with Gasteiger partial charge in [0.15, 0.2) is 0 Å². The highest BCUT2D eigenvalue weighted by molar-refractivity contribution is 7.89. The molecule has 2 aromatic carbocycles. The number of nitrogens with zero attached hydrogens (tertiary/aromatic N) is 4. The van der Waals surface area contributed by atoms with E-state index in [1.165, 1.54) is 45.8 Å². The van der Waals surface area contributed by atoms with Crippen LogP contribution >= 0.6 is 0 Å². The number of rotatable bonds is 2. The lowest BCUT2D eigenvalue weighted by Crippen LogP contribution is -2.43. The Bertz CT molecular complexity index is 1740.